The van der Waals surface area contributed by atoms with Gasteiger partial charge in [0.2, 0.25) is 5.91 Å². The molecule has 0 aliphatic rings. The number of hydrogen-bond donors (Lipinski definition) is 2. The molecular formula is C13H14N2O5. The lowest BCUT2D eigenvalue weighted by molar-refractivity contribution is -0.384. The smallest absolute Gasteiger partial charge is 0.326 e. The molecule has 20 heavy (non-hydrogen) atoms. The van der Waals surface area contributed by atoms with E-state index < -0.39 is 22.8 Å². The molecule has 7 nitrogen and oxygen atoms in total. The fraction of sp³-hybridized carbons (Fsp3) is 0.231. The first-order valence-corrected chi connectivity index (χ1v) is 5.80. The number of aliphatic carboxylic acids is 1. The van der Waals surface area contributed by atoms with E-state index in [2.05, 4.69) is 11.9 Å². The number of non-ortho nitro benzene ring substituents is 1. The maximum absolute atomic E-state index is 11.7. The molecule has 1 aromatic rings. The first-order chi connectivity index (χ1) is 9.43. The van der Waals surface area contributed by atoms with Crippen LogP contribution in [0.1, 0.15) is 12.0 Å². The van der Waals surface area contributed by atoms with E-state index >= 15 is 0 Å². The summed E-state index contributed by atoms with van der Waals surface area (Å²) in [4.78, 5) is 32.6. The van der Waals surface area contributed by atoms with Crippen molar-refractivity contribution in [2.24, 2.45) is 0 Å². The lowest BCUT2D eigenvalue weighted by Gasteiger charge is -2.12. The Morgan fingerprint density at radius 1 is 1.50 bits per heavy atom. The van der Waals surface area contributed by atoms with Crippen molar-refractivity contribution >= 4 is 17.6 Å². The van der Waals surface area contributed by atoms with E-state index in [0.717, 1.165) is 0 Å². The topological polar surface area (TPSA) is 110 Å². The molecule has 0 aliphatic carbocycles. The second kappa shape index (κ2) is 7.03. The largest absolute Gasteiger partial charge is 0.480 e. The van der Waals surface area contributed by atoms with Crippen LogP contribution in [-0.4, -0.2) is 27.9 Å². The molecule has 0 heterocycles. The van der Waals surface area contributed by atoms with E-state index in [1.165, 1.54) is 24.3 Å². The lowest BCUT2D eigenvalue weighted by atomic mass is 10.1. The van der Waals surface area contributed by atoms with Gasteiger partial charge in [-0.2, -0.15) is 0 Å². The van der Waals surface area contributed by atoms with Crippen LogP contribution in [0.4, 0.5) is 5.69 Å². The Hall–Kier alpha value is -2.70. The predicted molar refractivity (Wildman–Crippen MR) is 71.2 cm³/mol. The Labute approximate surface area is 115 Å². The predicted octanol–water partition coefficient (Wildman–Crippen LogP) is 1.28. The zero-order valence-electron chi connectivity index (χ0n) is 10.6. The van der Waals surface area contributed by atoms with Gasteiger partial charge >= 0.3 is 5.97 Å². The molecule has 2 N–H and O–H groups in total. The van der Waals surface area contributed by atoms with Crippen LogP contribution < -0.4 is 5.32 Å². The standard InChI is InChI=1S/C13H14N2O5/c1-2-4-11(13(17)18)14-12(16)8-9-5-3-6-10(7-9)15(19)20/h2-3,5-7,11H,1,4,8H2,(H,14,16)(H,17,18)/t11-/m0/s1. The van der Waals surface area contributed by atoms with E-state index in [9.17, 15) is 19.7 Å². The number of amides is 1. The molecular weight excluding hydrogens is 264 g/mol. The molecule has 0 fully saturated rings. The number of carbonyl (C=O) groups excluding carboxylic acids is 1. The summed E-state index contributed by atoms with van der Waals surface area (Å²) in [5, 5.41) is 21.8. The van der Waals surface area contributed by atoms with Gasteiger partial charge in [0.25, 0.3) is 5.69 Å². The number of benzene rings is 1. The number of nitro benzene ring substituents is 1. The molecule has 0 bridgehead atoms. The fourth-order valence-electron chi connectivity index (χ4n) is 1.60. The van der Waals surface area contributed by atoms with Crippen molar-refractivity contribution < 1.29 is 19.6 Å². The van der Waals surface area contributed by atoms with Crippen molar-refractivity contribution in [2.75, 3.05) is 0 Å². The zero-order valence-corrected chi connectivity index (χ0v) is 10.6. The summed E-state index contributed by atoms with van der Waals surface area (Å²) in [6.07, 6.45) is 1.38. The number of hydrogen-bond acceptors (Lipinski definition) is 4. The number of carboxylic acids is 1. The van der Waals surface area contributed by atoms with Crippen LogP contribution >= 0.6 is 0 Å². The minimum Gasteiger partial charge on any atom is -0.480 e. The van der Waals surface area contributed by atoms with Crippen LogP contribution in [0.3, 0.4) is 0 Å². The van der Waals surface area contributed by atoms with Crippen molar-refractivity contribution in [3.8, 4) is 0 Å². The Kier molecular flexibility index (Phi) is 5.40. The number of nitrogens with zero attached hydrogens (tertiary/aromatic N) is 1. The maximum atomic E-state index is 11.7. The summed E-state index contributed by atoms with van der Waals surface area (Å²) >= 11 is 0. The van der Waals surface area contributed by atoms with Crippen molar-refractivity contribution in [3.63, 3.8) is 0 Å². The molecule has 106 valence electrons. The second-order valence-electron chi connectivity index (χ2n) is 4.09. The molecule has 7 heteroatoms. The summed E-state index contributed by atoms with van der Waals surface area (Å²) in [6.45, 7) is 3.42. The Balaban J connectivity index is 2.70. The minimum atomic E-state index is -1.16. The van der Waals surface area contributed by atoms with Gasteiger partial charge in [0.1, 0.15) is 6.04 Å². The van der Waals surface area contributed by atoms with Gasteiger partial charge in [-0.05, 0) is 12.0 Å². The van der Waals surface area contributed by atoms with Gasteiger partial charge in [-0.1, -0.05) is 18.2 Å². The molecule has 0 saturated carbocycles. The zero-order chi connectivity index (χ0) is 15.1. The first-order valence-electron chi connectivity index (χ1n) is 5.80. The first kappa shape index (κ1) is 15.4. The van der Waals surface area contributed by atoms with Crippen LogP contribution in [0, 0.1) is 10.1 Å². The van der Waals surface area contributed by atoms with Crippen LogP contribution in [-0.2, 0) is 16.0 Å². The SMILES string of the molecule is C=CC[C@H](NC(=O)Cc1cccc([N+](=O)[O-])c1)C(=O)O. The molecule has 0 unspecified atom stereocenters. The summed E-state index contributed by atoms with van der Waals surface area (Å²) in [7, 11) is 0. The summed E-state index contributed by atoms with van der Waals surface area (Å²) in [6, 6.07) is 4.59. The Bertz CT molecular complexity index is 541. The van der Waals surface area contributed by atoms with Gasteiger partial charge in [0.05, 0.1) is 11.3 Å². The molecule has 0 saturated heterocycles. The second-order valence-corrected chi connectivity index (χ2v) is 4.09. The molecule has 1 aromatic carbocycles. The molecule has 1 atom stereocenters. The van der Waals surface area contributed by atoms with E-state index in [-0.39, 0.29) is 18.5 Å². The van der Waals surface area contributed by atoms with E-state index in [1.807, 2.05) is 0 Å². The third kappa shape index (κ3) is 4.52. The highest BCUT2D eigenvalue weighted by Gasteiger charge is 2.18. The number of nitro groups is 1. The number of carbonyl (C=O) groups is 2. The summed E-state index contributed by atoms with van der Waals surface area (Å²) in [5.41, 5.74) is 0.329. The third-order valence-electron chi connectivity index (χ3n) is 2.52. The van der Waals surface area contributed by atoms with Crippen molar-refractivity contribution in [2.45, 2.75) is 18.9 Å². The van der Waals surface area contributed by atoms with Gasteiger partial charge in [-0.3, -0.25) is 14.9 Å². The molecule has 1 rings (SSSR count). The van der Waals surface area contributed by atoms with Gasteiger partial charge in [0.15, 0.2) is 0 Å². The van der Waals surface area contributed by atoms with Gasteiger partial charge < -0.3 is 10.4 Å². The van der Waals surface area contributed by atoms with Crippen LogP contribution in [0.15, 0.2) is 36.9 Å². The van der Waals surface area contributed by atoms with Crippen molar-refractivity contribution in [1.82, 2.24) is 5.32 Å². The van der Waals surface area contributed by atoms with Crippen molar-refractivity contribution in [3.05, 3.63) is 52.6 Å². The number of carboxylic acid groups (broad SMARTS) is 1. The maximum Gasteiger partial charge on any atom is 0.326 e. The monoisotopic (exact) mass is 278 g/mol. The van der Waals surface area contributed by atoms with Crippen LogP contribution in [0.5, 0.6) is 0 Å². The molecule has 1 amide bonds. The summed E-state index contributed by atoms with van der Waals surface area (Å²) in [5.74, 6) is -1.67. The average Bonchev–Trinajstić information content (AvgIpc) is 2.38. The highest BCUT2D eigenvalue weighted by Crippen LogP contribution is 2.13. The van der Waals surface area contributed by atoms with Crippen LogP contribution in [0.25, 0.3) is 0 Å². The minimum absolute atomic E-state index is 0.107. The van der Waals surface area contributed by atoms with Crippen molar-refractivity contribution in [1.29, 1.82) is 0 Å². The van der Waals surface area contributed by atoms with Crippen LogP contribution in [0.2, 0.25) is 0 Å². The average molecular weight is 278 g/mol. The Morgan fingerprint density at radius 2 is 2.20 bits per heavy atom. The molecule has 0 aromatic heterocycles. The third-order valence-corrected chi connectivity index (χ3v) is 2.52. The summed E-state index contributed by atoms with van der Waals surface area (Å²) < 4.78 is 0. The van der Waals surface area contributed by atoms with Gasteiger partial charge in [-0.25, -0.2) is 4.79 Å². The Morgan fingerprint density at radius 3 is 2.75 bits per heavy atom. The highest BCUT2D eigenvalue weighted by atomic mass is 16.6. The number of rotatable bonds is 7. The lowest BCUT2D eigenvalue weighted by Crippen LogP contribution is -2.41. The quantitative estimate of drug-likeness (QED) is 0.443. The fourth-order valence-corrected chi connectivity index (χ4v) is 1.60. The van der Waals surface area contributed by atoms with E-state index in [1.54, 1.807) is 6.07 Å². The molecule has 0 aliphatic heterocycles. The molecule has 0 radical (unpaired) electrons. The molecule has 0 spiro atoms. The van der Waals surface area contributed by atoms with E-state index in [4.69, 9.17) is 5.11 Å². The highest BCUT2D eigenvalue weighted by molar-refractivity contribution is 5.85. The van der Waals surface area contributed by atoms with Gasteiger partial charge in [-0.15, -0.1) is 6.58 Å². The van der Waals surface area contributed by atoms with Gasteiger partial charge in [0, 0.05) is 12.1 Å². The normalized spacial score (nSPS) is 11.4. The number of nitrogens with one attached hydrogen (secondary N) is 1. The van der Waals surface area contributed by atoms with E-state index in [0.29, 0.717) is 5.56 Å².